The van der Waals surface area contributed by atoms with E-state index in [0.29, 0.717) is 6.54 Å². The normalized spacial score (nSPS) is 18.2. The van der Waals surface area contributed by atoms with Gasteiger partial charge in [-0.1, -0.05) is 12.3 Å². The number of hydrogen-bond donors (Lipinski definition) is 2. The van der Waals surface area contributed by atoms with E-state index in [9.17, 15) is 0 Å². The lowest BCUT2D eigenvalue weighted by molar-refractivity contribution is 0.0982. The molecule has 0 aromatic heterocycles. The Balaban J connectivity index is 2.42. The average Bonchev–Trinajstić information content (AvgIpc) is 2.40. The molecule has 0 aromatic rings. The summed E-state index contributed by atoms with van der Waals surface area (Å²) in [6.45, 7) is 8.33. The molecule has 0 bridgehead atoms. The molecule has 0 unspecified atom stereocenters. The number of nitrogens with zero attached hydrogens (tertiary/aromatic N) is 2. The van der Waals surface area contributed by atoms with Crippen LogP contribution in [0.2, 0.25) is 0 Å². The quantitative estimate of drug-likeness (QED) is 0.445. The molecule has 0 saturated carbocycles. The van der Waals surface area contributed by atoms with Crippen LogP contribution in [0.4, 0.5) is 0 Å². The van der Waals surface area contributed by atoms with Gasteiger partial charge in [-0.05, 0) is 39.8 Å². The van der Waals surface area contributed by atoms with Crippen LogP contribution in [0.5, 0.6) is 0 Å². The van der Waals surface area contributed by atoms with Crippen molar-refractivity contribution in [2.75, 3.05) is 33.2 Å². The second kappa shape index (κ2) is 7.27. The Hall–Kier alpha value is -1.21. The first-order valence-corrected chi connectivity index (χ1v) is 6.73. The molecule has 0 amide bonds. The van der Waals surface area contributed by atoms with E-state index in [1.54, 1.807) is 7.05 Å². The number of aliphatic imine (C=N–C) groups is 1. The summed E-state index contributed by atoms with van der Waals surface area (Å²) >= 11 is 0. The summed E-state index contributed by atoms with van der Waals surface area (Å²) in [5, 5.41) is 6.42. The Bertz CT molecular complexity index is 308. The summed E-state index contributed by atoms with van der Waals surface area (Å²) in [6.07, 6.45) is 9.22. The van der Waals surface area contributed by atoms with E-state index in [1.165, 1.54) is 32.4 Å². The molecule has 2 N–H and O–H groups in total. The highest BCUT2D eigenvalue weighted by Crippen LogP contribution is 2.19. The molecule has 0 radical (unpaired) electrons. The Kier molecular flexibility index (Phi) is 6.00. The molecule has 1 fully saturated rings. The van der Waals surface area contributed by atoms with Crippen molar-refractivity contribution in [2.24, 2.45) is 4.99 Å². The molecule has 4 heteroatoms. The summed E-state index contributed by atoms with van der Waals surface area (Å²) < 4.78 is 0. The van der Waals surface area contributed by atoms with Gasteiger partial charge < -0.3 is 10.6 Å². The number of guanidine groups is 1. The van der Waals surface area contributed by atoms with Gasteiger partial charge >= 0.3 is 0 Å². The largest absolute Gasteiger partial charge is 0.355 e. The van der Waals surface area contributed by atoms with Crippen LogP contribution in [-0.2, 0) is 0 Å². The Morgan fingerprint density at radius 3 is 2.50 bits per heavy atom. The van der Waals surface area contributed by atoms with Crippen LogP contribution in [0.1, 0.15) is 33.1 Å². The van der Waals surface area contributed by atoms with Gasteiger partial charge in [0.05, 0.1) is 6.54 Å². The molecule has 1 heterocycles. The zero-order chi connectivity index (χ0) is 13.4. The summed E-state index contributed by atoms with van der Waals surface area (Å²) in [6, 6.07) is 0. The van der Waals surface area contributed by atoms with Crippen molar-refractivity contribution >= 4 is 5.96 Å². The highest BCUT2D eigenvalue weighted by atomic mass is 15.2. The average molecular weight is 250 g/mol. The van der Waals surface area contributed by atoms with Crippen LogP contribution in [0, 0.1) is 12.3 Å². The van der Waals surface area contributed by atoms with Crippen molar-refractivity contribution in [1.82, 2.24) is 15.5 Å². The molecular weight excluding hydrogens is 224 g/mol. The first-order valence-electron chi connectivity index (χ1n) is 6.73. The fraction of sp³-hybridized carbons (Fsp3) is 0.786. The lowest BCUT2D eigenvalue weighted by atomic mass is 9.98. The molecule has 4 nitrogen and oxygen atoms in total. The Morgan fingerprint density at radius 1 is 1.28 bits per heavy atom. The smallest absolute Gasteiger partial charge is 0.191 e. The molecule has 1 aliphatic rings. The van der Waals surface area contributed by atoms with E-state index < -0.39 is 0 Å². The zero-order valence-corrected chi connectivity index (χ0v) is 11.9. The van der Waals surface area contributed by atoms with Gasteiger partial charge in [0, 0.05) is 19.1 Å². The van der Waals surface area contributed by atoms with Crippen molar-refractivity contribution in [3.8, 4) is 12.3 Å². The van der Waals surface area contributed by atoms with Gasteiger partial charge in [-0.2, -0.15) is 0 Å². The third-order valence-corrected chi connectivity index (χ3v) is 3.48. The third kappa shape index (κ3) is 4.58. The third-order valence-electron chi connectivity index (χ3n) is 3.48. The molecule has 18 heavy (non-hydrogen) atoms. The van der Waals surface area contributed by atoms with Crippen molar-refractivity contribution in [3.05, 3.63) is 0 Å². The molecule has 0 spiro atoms. The number of nitrogens with one attached hydrogen (secondary N) is 2. The molecule has 1 aliphatic heterocycles. The lowest BCUT2D eigenvalue weighted by Crippen LogP contribution is -2.54. The second-order valence-electron chi connectivity index (χ2n) is 5.34. The first-order chi connectivity index (χ1) is 8.60. The van der Waals surface area contributed by atoms with Crippen molar-refractivity contribution in [1.29, 1.82) is 0 Å². The molecule has 1 saturated heterocycles. The number of hydrogen-bond acceptors (Lipinski definition) is 2. The lowest BCUT2D eigenvalue weighted by Gasteiger charge is -2.41. The minimum atomic E-state index is 0.147. The SMILES string of the molecule is C#CCNC(=NC)NCC(C)(C)N1CCCCC1. The second-order valence-corrected chi connectivity index (χ2v) is 5.34. The van der Waals surface area contributed by atoms with Crippen molar-refractivity contribution in [3.63, 3.8) is 0 Å². The van der Waals surface area contributed by atoms with Crippen molar-refractivity contribution in [2.45, 2.75) is 38.6 Å². The molecule has 0 aliphatic carbocycles. The Labute approximate surface area is 111 Å². The van der Waals surface area contributed by atoms with Crippen LogP contribution in [0.15, 0.2) is 4.99 Å². The number of terminal acetylenes is 1. The highest BCUT2D eigenvalue weighted by molar-refractivity contribution is 5.79. The van der Waals surface area contributed by atoms with Gasteiger partial charge in [0.2, 0.25) is 0 Å². The number of rotatable bonds is 4. The van der Waals surface area contributed by atoms with Gasteiger partial charge in [-0.25, -0.2) is 0 Å². The minimum absolute atomic E-state index is 0.147. The van der Waals surface area contributed by atoms with E-state index in [4.69, 9.17) is 6.42 Å². The van der Waals surface area contributed by atoms with Gasteiger partial charge in [-0.15, -0.1) is 6.42 Å². The molecule has 1 rings (SSSR count). The predicted octanol–water partition coefficient (Wildman–Crippen LogP) is 1.05. The molecule has 102 valence electrons. The minimum Gasteiger partial charge on any atom is -0.355 e. The molecule has 0 atom stereocenters. The fourth-order valence-electron chi connectivity index (χ4n) is 2.27. The Morgan fingerprint density at radius 2 is 1.94 bits per heavy atom. The summed E-state index contributed by atoms with van der Waals surface area (Å²) in [5.74, 6) is 3.33. The maximum Gasteiger partial charge on any atom is 0.191 e. The maximum absolute atomic E-state index is 5.23. The van der Waals surface area contributed by atoms with Gasteiger partial charge in [0.1, 0.15) is 0 Å². The molecule has 0 aromatic carbocycles. The number of likely N-dealkylation sites (tertiary alicyclic amines) is 1. The zero-order valence-electron chi connectivity index (χ0n) is 11.9. The van der Waals surface area contributed by atoms with Gasteiger partial charge in [-0.3, -0.25) is 9.89 Å². The monoisotopic (exact) mass is 250 g/mol. The van der Waals surface area contributed by atoms with Crippen LogP contribution >= 0.6 is 0 Å². The predicted molar refractivity (Wildman–Crippen MR) is 77.7 cm³/mol. The highest BCUT2D eigenvalue weighted by Gasteiger charge is 2.27. The summed E-state index contributed by atoms with van der Waals surface area (Å²) in [5.41, 5.74) is 0.147. The first kappa shape index (κ1) is 14.8. The van der Waals surface area contributed by atoms with E-state index in [0.717, 1.165) is 12.5 Å². The number of piperidine rings is 1. The van der Waals surface area contributed by atoms with Crippen LogP contribution in [0.3, 0.4) is 0 Å². The maximum atomic E-state index is 5.23. The van der Waals surface area contributed by atoms with E-state index >= 15 is 0 Å². The standard InChI is InChI=1S/C14H26N4/c1-5-9-16-13(15-4)17-12-14(2,3)18-10-7-6-8-11-18/h1H,6-12H2,2-4H3,(H2,15,16,17). The summed E-state index contributed by atoms with van der Waals surface area (Å²) in [7, 11) is 1.76. The van der Waals surface area contributed by atoms with Crippen LogP contribution in [0.25, 0.3) is 0 Å². The van der Waals surface area contributed by atoms with Gasteiger partial charge in [0.25, 0.3) is 0 Å². The van der Waals surface area contributed by atoms with E-state index in [2.05, 4.69) is 40.3 Å². The summed E-state index contributed by atoms with van der Waals surface area (Å²) in [4.78, 5) is 6.71. The fourth-order valence-corrected chi connectivity index (χ4v) is 2.27. The van der Waals surface area contributed by atoms with E-state index in [1.807, 2.05) is 0 Å². The van der Waals surface area contributed by atoms with E-state index in [-0.39, 0.29) is 5.54 Å². The van der Waals surface area contributed by atoms with Crippen LogP contribution in [-0.4, -0.2) is 49.6 Å². The topological polar surface area (TPSA) is 39.7 Å². The van der Waals surface area contributed by atoms with Crippen LogP contribution < -0.4 is 10.6 Å². The molecular formula is C14H26N4. The van der Waals surface area contributed by atoms with Crippen molar-refractivity contribution < 1.29 is 0 Å². The van der Waals surface area contributed by atoms with Gasteiger partial charge in [0.15, 0.2) is 5.96 Å².